The Hall–Kier alpha value is -2.74. The predicted molar refractivity (Wildman–Crippen MR) is 138 cm³/mol. The third-order valence-corrected chi connectivity index (χ3v) is 6.72. The summed E-state index contributed by atoms with van der Waals surface area (Å²) >= 11 is 1.53. The minimum absolute atomic E-state index is 0.0643. The van der Waals surface area contributed by atoms with Crippen LogP contribution in [0.4, 0.5) is 5.13 Å². The lowest BCUT2D eigenvalue weighted by atomic mass is 9.85. The number of morpholine rings is 1. The van der Waals surface area contributed by atoms with E-state index in [0.29, 0.717) is 5.13 Å². The van der Waals surface area contributed by atoms with Gasteiger partial charge in [0.1, 0.15) is 5.75 Å². The van der Waals surface area contributed by atoms with Crippen LogP contribution in [0.2, 0.25) is 0 Å². The van der Waals surface area contributed by atoms with Crippen molar-refractivity contribution in [2.45, 2.75) is 39.7 Å². The van der Waals surface area contributed by atoms with Gasteiger partial charge in [0.2, 0.25) is 0 Å². The molecule has 0 radical (unpaired) electrons. The summed E-state index contributed by atoms with van der Waals surface area (Å²) in [6.45, 7) is 12.5. The summed E-state index contributed by atoms with van der Waals surface area (Å²) in [6.07, 6.45) is 0. The van der Waals surface area contributed by atoms with Gasteiger partial charge in [0, 0.05) is 30.1 Å². The molecule has 1 aliphatic rings. The lowest BCUT2D eigenvalue weighted by Gasteiger charge is -2.26. The molecule has 0 unspecified atom stereocenters. The second kappa shape index (κ2) is 10.7. The SMILES string of the molecule is Cc1ccc(OCC(=O)Nc2nc(-c3ccccc3)c(CN3CCOCC3)s2)c(C(C)(C)C)c1. The number of carbonyl (C=O) groups is 1. The molecule has 0 atom stereocenters. The normalized spacial score (nSPS) is 14.7. The maximum atomic E-state index is 12.8. The van der Waals surface area contributed by atoms with Crippen molar-refractivity contribution in [2.75, 3.05) is 38.2 Å². The number of thiazole rings is 1. The smallest absolute Gasteiger partial charge is 0.264 e. The molecular weight excluding hydrogens is 446 g/mol. The number of aromatic nitrogens is 1. The van der Waals surface area contributed by atoms with Gasteiger partial charge in [0.05, 0.1) is 18.9 Å². The molecule has 0 saturated carbocycles. The van der Waals surface area contributed by atoms with E-state index < -0.39 is 0 Å². The fourth-order valence-electron chi connectivity index (χ4n) is 3.95. The zero-order chi connectivity index (χ0) is 24.1. The first-order valence-electron chi connectivity index (χ1n) is 11.7. The zero-order valence-electron chi connectivity index (χ0n) is 20.4. The topological polar surface area (TPSA) is 63.7 Å². The summed E-state index contributed by atoms with van der Waals surface area (Å²) < 4.78 is 11.4. The van der Waals surface area contributed by atoms with E-state index in [1.165, 1.54) is 16.9 Å². The molecule has 0 bridgehead atoms. The maximum absolute atomic E-state index is 12.8. The summed E-state index contributed by atoms with van der Waals surface area (Å²) in [7, 11) is 0. The second-order valence-corrected chi connectivity index (χ2v) is 10.7. The number of hydrogen-bond donors (Lipinski definition) is 1. The van der Waals surface area contributed by atoms with Gasteiger partial charge in [-0.2, -0.15) is 0 Å². The molecule has 2 heterocycles. The average molecular weight is 480 g/mol. The van der Waals surface area contributed by atoms with E-state index in [0.717, 1.165) is 60.3 Å². The molecule has 1 saturated heterocycles. The van der Waals surface area contributed by atoms with Crippen LogP contribution in [0.1, 0.15) is 36.8 Å². The van der Waals surface area contributed by atoms with Gasteiger partial charge in [-0.3, -0.25) is 15.0 Å². The summed E-state index contributed by atoms with van der Waals surface area (Å²) in [5, 5.41) is 3.54. The van der Waals surface area contributed by atoms with Gasteiger partial charge in [-0.25, -0.2) is 4.98 Å². The van der Waals surface area contributed by atoms with E-state index >= 15 is 0 Å². The Morgan fingerprint density at radius 2 is 1.88 bits per heavy atom. The molecule has 1 amide bonds. The van der Waals surface area contributed by atoms with Crippen LogP contribution in [0.5, 0.6) is 5.75 Å². The molecular formula is C27H33N3O3S. The molecule has 0 aliphatic carbocycles. The van der Waals surface area contributed by atoms with Crippen LogP contribution in [-0.2, 0) is 21.5 Å². The largest absolute Gasteiger partial charge is 0.483 e. The average Bonchev–Trinajstić information content (AvgIpc) is 3.20. The standard InChI is InChI=1S/C27H33N3O3S/c1-19-10-11-22(21(16-19)27(2,3)4)33-18-24(31)28-26-29-25(20-8-6-5-7-9-20)23(34-26)17-30-12-14-32-15-13-30/h5-11,16H,12-15,17-18H2,1-4H3,(H,28,29,31). The zero-order valence-corrected chi connectivity index (χ0v) is 21.2. The van der Waals surface area contributed by atoms with Crippen molar-refractivity contribution in [3.8, 4) is 17.0 Å². The van der Waals surface area contributed by atoms with Gasteiger partial charge in [0.25, 0.3) is 5.91 Å². The number of anilines is 1. The van der Waals surface area contributed by atoms with Crippen LogP contribution in [0.15, 0.2) is 48.5 Å². The van der Waals surface area contributed by atoms with Crippen molar-refractivity contribution < 1.29 is 14.3 Å². The van der Waals surface area contributed by atoms with Crippen molar-refractivity contribution in [2.24, 2.45) is 0 Å². The van der Waals surface area contributed by atoms with E-state index in [2.05, 4.69) is 56.1 Å². The van der Waals surface area contributed by atoms with E-state index in [4.69, 9.17) is 14.5 Å². The second-order valence-electron chi connectivity index (χ2n) is 9.63. The molecule has 34 heavy (non-hydrogen) atoms. The van der Waals surface area contributed by atoms with Crippen molar-refractivity contribution in [1.82, 2.24) is 9.88 Å². The van der Waals surface area contributed by atoms with E-state index in [-0.39, 0.29) is 17.9 Å². The Morgan fingerprint density at radius 1 is 1.15 bits per heavy atom. The Labute approximate surface area is 205 Å². The number of rotatable bonds is 7. The maximum Gasteiger partial charge on any atom is 0.264 e. The number of aryl methyl sites for hydroxylation is 1. The number of amides is 1. The highest BCUT2D eigenvalue weighted by atomic mass is 32.1. The molecule has 6 nitrogen and oxygen atoms in total. The Morgan fingerprint density at radius 3 is 2.59 bits per heavy atom. The number of ether oxygens (including phenoxy) is 2. The fraction of sp³-hybridized carbons (Fsp3) is 0.407. The van der Waals surface area contributed by atoms with E-state index in [9.17, 15) is 4.79 Å². The van der Waals surface area contributed by atoms with Crippen molar-refractivity contribution in [3.05, 3.63) is 64.5 Å². The van der Waals surface area contributed by atoms with E-state index in [1.54, 1.807) is 0 Å². The highest BCUT2D eigenvalue weighted by molar-refractivity contribution is 7.16. The molecule has 3 aromatic rings. The highest BCUT2D eigenvalue weighted by Gasteiger charge is 2.21. The summed E-state index contributed by atoms with van der Waals surface area (Å²) in [5.74, 6) is 0.525. The first-order valence-corrected chi connectivity index (χ1v) is 12.5. The number of carbonyl (C=O) groups excluding carboxylic acids is 1. The highest BCUT2D eigenvalue weighted by Crippen LogP contribution is 2.34. The van der Waals surface area contributed by atoms with Gasteiger partial charge in [-0.05, 0) is 24.0 Å². The van der Waals surface area contributed by atoms with Gasteiger partial charge < -0.3 is 9.47 Å². The molecule has 1 fully saturated rings. The van der Waals surface area contributed by atoms with Crippen LogP contribution in [0.3, 0.4) is 0 Å². The van der Waals surface area contributed by atoms with Gasteiger partial charge in [-0.15, -0.1) is 0 Å². The summed E-state index contributed by atoms with van der Waals surface area (Å²) in [6, 6.07) is 16.2. The van der Waals surface area contributed by atoms with Crippen molar-refractivity contribution in [1.29, 1.82) is 0 Å². The molecule has 1 aliphatic heterocycles. The predicted octanol–water partition coefficient (Wildman–Crippen LogP) is 5.27. The number of nitrogens with zero attached hydrogens (tertiary/aromatic N) is 2. The summed E-state index contributed by atoms with van der Waals surface area (Å²) in [4.78, 5) is 21.0. The van der Waals surface area contributed by atoms with Crippen LogP contribution in [-0.4, -0.2) is 48.7 Å². The molecule has 0 spiro atoms. The van der Waals surface area contributed by atoms with Crippen LogP contribution in [0, 0.1) is 6.92 Å². The third kappa shape index (κ3) is 6.23. The Bertz CT molecular complexity index is 1120. The summed E-state index contributed by atoms with van der Waals surface area (Å²) in [5.41, 5.74) is 4.15. The Balaban J connectivity index is 1.47. The lowest BCUT2D eigenvalue weighted by Crippen LogP contribution is -2.35. The molecule has 1 aromatic heterocycles. The fourth-order valence-corrected chi connectivity index (χ4v) is 4.99. The number of hydrogen-bond acceptors (Lipinski definition) is 6. The minimum atomic E-state index is -0.216. The lowest BCUT2D eigenvalue weighted by molar-refractivity contribution is -0.118. The van der Waals surface area contributed by atoms with Gasteiger partial charge in [0.15, 0.2) is 11.7 Å². The van der Waals surface area contributed by atoms with E-state index in [1.807, 2.05) is 30.3 Å². The monoisotopic (exact) mass is 479 g/mol. The molecule has 180 valence electrons. The molecule has 7 heteroatoms. The van der Waals surface area contributed by atoms with Gasteiger partial charge >= 0.3 is 0 Å². The molecule has 4 rings (SSSR count). The van der Waals surface area contributed by atoms with Crippen LogP contribution >= 0.6 is 11.3 Å². The minimum Gasteiger partial charge on any atom is -0.483 e. The third-order valence-electron chi connectivity index (χ3n) is 5.76. The first-order chi connectivity index (χ1) is 16.3. The number of benzene rings is 2. The molecule has 1 N–H and O–H groups in total. The van der Waals surface area contributed by atoms with Gasteiger partial charge in [-0.1, -0.05) is 80.1 Å². The number of nitrogens with one attached hydrogen (secondary N) is 1. The van der Waals surface area contributed by atoms with Crippen molar-refractivity contribution >= 4 is 22.4 Å². The van der Waals surface area contributed by atoms with Crippen LogP contribution < -0.4 is 10.1 Å². The quantitative estimate of drug-likeness (QED) is 0.500. The Kier molecular flexibility index (Phi) is 7.66. The van der Waals surface area contributed by atoms with Crippen molar-refractivity contribution in [3.63, 3.8) is 0 Å². The first kappa shape index (κ1) is 24.4. The molecule has 2 aromatic carbocycles. The van der Waals surface area contributed by atoms with Crippen LogP contribution in [0.25, 0.3) is 11.3 Å².